The fraction of sp³-hybridized carbons (Fsp3) is 0.500. The summed E-state index contributed by atoms with van der Waals surface area (Å²) in [5.41, 5.74) is 0.901. The number of ether oxygens (including phenoxy) is 4. The molecule has 0 saturated heterocycles. The SMILES string of the molecule is CC#Cc1ccccc1OCCOCCOCCOC. The van der Waals surface area contributed by atoms with E-state index in [1.165, 1.54) is 0 Å². The highest BCUT2D eigenvalue weighted by molar-refractivity contribution is 5.45. The fourth-order valence-electron chi connectivity index (χ4n) is 1.51. The van der Waals surface area contributed by atoms with Gasteiger partial charge >= 0.3 is 0 Å². The number of para-hydroxylation sites is 1. The summed E-state index contributed by atoms with van der Waals surface area (Å²) in [6.07, 6.45) is 0. The van der Waals surface area contributed by atoms with Crippen molar-refractivity contribution in [3.05, 3.63) is 29.8 Å². The molecule has 4 heteroatoms. The van der Waals surface area contributed by atoms with Crippen molar-refractivity contribution >= 4 is 0 Å². The molecule has 0 aliphatic carbocycles. The summed E-state index contributed by atoms with van der Waals surface area (Å²) < 4.78 is 21.2. The van der Waals surface area contributed by atoms with Gasteiger partial charge in [-0.3, -0.25) is 0 Å². The highest BCUT2D eigenvalue weighted by Gasteiger charge is 1.99. The Labute approximate surface area is 121 Å². The van der Waals surface area contributed by atoms with Gasteiger partial charge in [-0.15, -0.1) is 5.92 Å². The summed E-state index contributed by atoms with van der Waals surface area (Å²) in [6, 6.07) is 7.73. The van der Waals surface area contributed by atoms with Gasteiger partial charge in [-0.05, 0) is 19.1 Å². The molecule has 0 atom stereocenters. The van der Waals surface area contributed by atoms with E-state index in [4.69, 9.17) is 18.9 Å². The summed E-state index contributed by atoms with van der Waals surface area (Å²) in [5, 5.41) is 0. The van der Waals surface area contributed by atoms with Crippen molar-refractivity contribution in [3.63, 3.8) is 0 Å². The molecule has 20 heavy (non-hydrogen) atoms. The van der Waals surface area contributed by atoms with Gasteiger partial charge in [0.05, 0.1) is 38.6 Å². The molecule has 1 aromatic carbocycles. The lowest BCUT2D eigenvalue weighted by atomic mass is 10.2. The van der Waals surface area contributed by atoms with Crippen LogP contribution in [0.1, 0.15) is 12.5 Å². The van der Waals surface area contributed by atoms with Crippen LogP contribution < -0.4 is 4.74 Å². The van der Waals surface area contributed by atoms with Crippen LogP contribution in [0.2, 0.25) is 0 Å². The largest absolute Gasteiger partial charge is 0.490 e. The van der Waals surface area contributed by atoms with E-state index in [1.54, 1.807) is 7.11 Å². The van der Waals surface area contributed by atoms with E-state index >= 15 is 0 Å². The van der Waals surface area contributed by atoms with Gasteiger partial charge in [-0.1, -0.05) is 18.1 Å². The van der Waals surface area contributed by atoms with Gasteiger partial charge in [0.2, 0.25) is 0 Å². The Morgan fingerprint density at radius 3 is 2.25 bits per heavy atom. The van der Waals surface area contributed by atoms with Crippen LogP contribution >= 0.6 is 0 Å². The van der Waals surface area contributed by atoms with Gasteiger partial charge in [0.25, 0.3) is 0 Å². The zero-order chi connectivity index (χ0) is 14.5. The van der Waals surface area contributed by atoms with Crippen LogP contribution in [0.3, 0.4) is 0 Å². The highest BCUT2D eigenvalue weighted by Crippen LogP contribution is 2.16. The molecular formula is C16H22O4. The smallest absolute Gasteiger partial charge is 0.135 e. The molecule has 0 aromatic heterocycles. The van der Waals surface area contributed by atoms with Crippen LogP contribution in [0.15, 0.2) is 24.3 Å². The Bertz CT molecular complexity index is 420. The Morgan fingerprint density at radius 2 is 1.55 bits per heavy atom. The van der Waals surface area contributed by atoms with Crippen LogP contribution in [-0.4, -0.2) is 46.8 Å². The Balaban J connectivity index is 2.10. The predicted octanol–water partition coefficient (Wildman–Crippen LogP) is 2.12. The van der Waals surface area contributed by atoms with Crippen molar-refractivity contribution in [3.8, 4) is 17.6 Å². The maximum absolute atomic E-state index is 5.65. The molecule has 1 rings (SSSR count). The summed E-state index contributed by atoms with van der Waals surface area (Å²) in [5.74, 6) is 6.67. The van der Waals surface area contributed by atoms with E-state index in [0.717, 1.165) is 11.3 Å². The van der Waals surface area contributed by atoms with Gasteiger partial charge in [0, 0.05) is 7.11 Å². The normalized spacial score (nSPS) is 9.90. The van der Waals surface area contributed by atoms with E-state index in [1.807, 2.05) is 31.2 Å². The molecule has 0 fully saturated rings. The minimum absolute atomic E-state index is 0.500. The van der Waals surface area contributed by atoms with Crippen molar-refractivity contribution in [2.45, 2.75) is 6.92 Å². The fourth-order valence-corrected chi connectivity index (χ4v) is 1.51. The number of benzene rings is 1. The molecular weight excluding hydrogens is 256 g/mol. The second kappa shape index (κ2) is 11.3. The lowest BCUT2D eigenvalue weighted by molar-refractivity contribution is 0.0179. The number of rotatable bonds is 10. The molecule has 0 unspecified atom stereocenters. The first-order valence-corrected chi connectivity index (χ1v) is 6.67. The lowest BCUT2D eigenvalue weighted by Gasteiger charge is -2.09. The van der Waals surface area contributed by atoms with Crippen molar-refractivity contribution in [1.82, 2.24) is 0 Å². The molecule has 0 saturated carbocycles. The van der Waals surface area contributed by atoms with Crippen LogP contribution in [0.4, 0.5) is 0 Å². The van der Waals surface area contributed by atoms with Gasteiger partial charge in [0.15, 0.2) is 0 Å². The van der Waals surface area contributed by atoms with Gasteiger partial charge < -0.3 is 18.9 Å². The molecule has 0 spiro atoms. The van der Waals surface area contributed by atoms with Crippen molar-refractivity contribution in [2.24, 2.45) is 0 Å². The van der Waals surface area contributed by atoms with Gasteiger partial charge in [-0.2, -0.15) is 0 Å². The third kappa shape index (κ3) is 7.15. The molecule has 1 aromatic rings. The van der Waals surface area contributed by atoms with E-state index < -0.39 is 0 Å². The summed E-state index contributed by atoms with van der Waals surface area (Å²) in [4.78, 5) is 0. The zero-order valence-corrected chi connectivity index (χ0v) is 12.2. The third-order valence-corrected chi connectivity index (χ3v) is 2.44. The third-order valence-electron chi connectivity index (χ3n) is 2.44. The summed E-state index contributed by atoms with van der Waals surface area (Å²) in [6.45, 7) is 5.17. The number of hydrogen-bond donors (Lipinski definition) is 0. The maximum atomic E-state index is 5.65. The Hall–Kier alpha value is -1.54. The van der Waals surface area contributed by atoms with E-state index in [0.29, 0.717) is 39.6 Å². The first-order chi connectivity index (χ1) is 9.88. The first kappa shape index (κ1) is 16.5. The van der Waals surface area contributed by atoms with Crippen LogP contribution in [-0.2, 0) is 14.2 Å². The molecule has 0 N–H and O–H groups in total. The quantitative estimate of drug-likeness (QED) is 0.485. The molecule has 0 heterocycles. The van der Waals surface area contributed by atoms with E-state index in [2.05, 4.69) is 11.8 Å². The minimum Gasteiger partial charge on any atom is -0.490 e. The van der Waals surface area contributed by atoms with Crippen LogP contribution in [0, 0.1) is 11.8 Å². The Morgan fingerprint density at radius 1 is 0.900 bits per heavy atom. The zero-order valence-electron chi connectivity index (χ0n) is 12.2. The minimum atomic E-state index is 0.500. The number of methoxy groups -OCH3 is 1. The average Bonchev–Trinajstić information content (AvgIpc) is 2.47. The van der Waals surface area contributed by atoms with Gasteiger partial charge in [0.1, 0.15) is 12.4 Å². The van der Waals surface area contributed by atoms with Crippen molar-refractivity contribution in [2.75, 3.05) is 46.8 Å². The number of hydrogen-bond acceptors (Lipinski definition) is 4. The van der Waals surface area contributed by atoms with Crippen molar-refractivity contribution < 1.29 is 18.9 Å². The Kier molecular flexibility index (Phi) is 9.33. The molecule has 110 valence electrons. The molecule has 0 bridgehead atoms. The highest BCUT2D eigenvalue weighted by atomic mass is 16.6. The monoisotopic (exact) mass is 278 g/mol. The average molecular weight is 278 g/mol. The topological polar surface area (TPSA) is 36.9 Å². The van der Waals surface area contributed by atoms with Crippen LogP contribution in [0.5, 0.6) is 5.75 Å². The van der Waals surface area contributed by atoms with E-state index in [9.17, 15) is 0 Å². The second-order valence-corrected chi connectivity index (χ2v) is 3.94. The lowest BCUT2D eigenvalue weighted by Crippen LogP contribution is -2.12. The van der Waals surface area contributed by atoms with Crippen LogP contribution in [0.25, 0.3) is 0 Å². The first-order valence-electron chi connectivity index (χ1n) is 6.67. The second-order valence-electron chi connectivity index (χ2n) is 3.94. The molecule has 0 aliphatic heterocycles. The van der Waals surface area contributed by atoms with Gasteiger partial charge in [-0.25, -0.2) is 0 Å². The standard InChI is InChI=1S/C16H22O4/c1-3-6-15-7-4-5-8-16(15)20-14-13-19-12-11-18-10-9-17-2/h4-5,7-8H,9-14H2,1-2H3. The van der Waals surface area contributed by atoms with E-state index in [-0.39, 0.29) is 0 Å². The predicted molar refractivity (Wildman–Crippen MR) is 78.0 cm³/mol. The van der Waals surface area contributed by atoms with Crippen molar-refractivity contribution in [1.29, 1.82) is 0 Å². The molecule has 0 amide bonds. The summed E-state index contributed by atoms with van der Waals surface area (Å²) >= 11 is 0. The molecule has 4 nitrogen and oxygen atoms in total. The molecule has 0 radical (unpaired) electrons. The molecule has 0 aliphatic rings. The maximum Gasteiger partial charge on any atom is 0.135 e. The summed E-state index contributed by atoms with van der Waals surface area (Å²) in [7, 11) is 1.65.